The third kappa shape index (κ3) is 4.21. The van der Waals surface area contributed by atoms with Gasteiger partial charge in [-0.15, -0.1) is 0 Å². The summed E-state index contributed by atoms with van der Waals surface area (Å²) in [5, 5.41) is 41.6. The first-order valence-electron chi connectivity index (χ1n) is 11.0. The van der Waals surface area contributed by atoms with Crippen LogP contribution < -0.4 is 4.74 Å². The van der Waals surface area contributed by atoms with Crippen LogP contribution in [-0.2, 0) is 19.1 Å². The predicted molar refractivity (Wildman–Crippen MR) is 125 cm³/mol. The molecular formula is C27H23N3O6. The Balaban J connectivity index is 2.42. The molecule has 3 rings (SSSR count). The number of methoxy groups -OCH3 is 2. The second-order valence-electron chi connectivity index (χ2n) is 8.03. The minimum Gasteiger partial charge on any atom is -0.511 e. The summed E-state index contributed by atoms with van der Waals surface area (Å²) in [6, 6.07) is 18.5. The first kappa shape index (κ1) is 25.8. The summed E-state index contributed by atoms with van der Waals surface area (Å²) >= 11 is 0. The molecule has 0 heterocycles. The molecule has 0 aromatic heterocycles. The molecular weight excluding hydrogens is 462 g/mol. The van der Waals surface area contributed by atoms with Crippen molar-refractivity contribution in [1.29, 1.82) is 15.8 Å². The van der Waals surface area contributed by atoms with Crippen LogP contribution in [0.5, 0.6) is 5.75 Å². The van der Waals surface area contributed by atoms with Gasteiger partial charge in [0, 0.05) is 5.92 Å². The molecule has 9 heteroatoms. The molecule has 36 heavy (non-hydrogen) atoms. The maximum Gasteiger partial charge on any atom is 0.337 e. The molecule has 0 amide bonds. The third-order valence-electron chi connectivity index (χ3n) is 6.29. The Hall–Kier alpha value is -4.81. The number of nitrogens with zero attached hydrogens (tertiary/aromatic N) is 3. The lowest BCUT2D eigenvalue weighted by molar-refractivity contribution is -0.147. The SMILES string of the molecule is CCOc1ccc([C@H]2[C@@H](C(=O)OC)C(O)=C(C(=O)OC)[C@@H](c3ccc(C#N)cc3)C2(C#N)C#N)cc1. The fraction of sp³-hybridized carbons (Fsp3) is 0.296. The molecule has 1 aliphatic rings. The van der Waals surface area contributed by atoms with Gasteiger partial charge in [-0.25, -0.2) is 4.79 Å². The van der Waals surface area contributed by atoms with Crippen molar-refractivity contribution >= 4 is 11.9 Å². The van der Waals surface area contributed by atoms with E-state index in [0.29, 0.717) is 29.0 Å². The second-order valence-corrected chi connectivity index (χ2v) is 8.03. The van der Waals surface area contributed by atoms with Crippen molar-refractivity contribution in [2.24, 2.45) is 11.3 Å². The summed E-state index contributed by atoms with van der Waals surface area (Å²) in [4.78, 5) is 25.9. The van der Waals surface area contributed by atoms with Crippen molar-refractivity contribution in [2.45, 2.75) is 18.8 Å². The van der Waals surface area contributed by atoms with Crippen molar-refractivity contribution in [2.75, 3.05) is 20.8 Å². The molecule has 9 nitrogen and oxygen atoms in total. The number of carbonyl (C=O) groups is 2. The molecule has 0 saturated heterocycles. The number of carbonyl (C=O) groups excluding carboxylic acids is 2. The monoisotopic (exact) mass is 485 g/mol. The largest absolute Gasteiger partial charge is 0.511 e. The molecule has 2 aromatic rings. The van der Waals surface area contributed by atoms with Crippen molar-refractivity contribution in [3.8, 4) is 24.0 Å². The Morgan fingerprint density at radius 2 is 1.53 bits per heavy atom. The van der Waals surface area contributed by atoms with Crippen LogP contribution in [0.25, 0.3) is 0 Å². The molecule has 1 aliphatic carbocycles. The molecule has 1 N–H and O–H groups in total. The Kier molecular flexibility index (Phi) is 7.62. The van der Waals surface area contributed by atoms with Gasteiger partial charge < -0.3 is 19.3 Å². The van der Waals surface area contributed by atoms with Crippen LogP contribution in [0.4, 0.5) is 0 Å². The zero-order valence-electron chi connectivity index (χ0n) is 19.9. The quantitative estimate of drug-likeness (QED) is 0.604. The van der Waals surface area contributed by atoms with Crippen LogP contribution >= 0.6 is 0 Å². The Bertz CT molecular complexity index is 1300. The van der Waals surface area contributed by atoms with E-state index in [0.717, 1.165) is 14.2 Å². The molecule has 3 atom stereocenters. The lowest BCUT2D eigenvalue weighted by atomic mass is 9.54. The zero-order valence-corrected chi connectivity index (χ0v) is 19.9. The van der Waals surface area contributed by atoms with Gasteiger partial charge in [0.05, 0.1) is 56.1 Å². The predicted octanol–water partition coefficient (Wildman–Crippen LogP) is 3.65. The first-order chi connectivity index (χ1) is 17.3. The van der Waals surface area contributed by atoms with Crippen LogP contribution in [0.15, 0.2) is 59.9 Å². The summed E-state index contributed by atoms with van der Waals surface area (Å²) in [6.07, 6.45) is 0. The highest BCUT2D eigenvalue weighted by Gasteiger charge is 2.61. The molecule has 0 unspecified atom stereocenters. The fourth-order valence-corrected chi connectivity index (χ4v) is 4.72. The van der Waals surface area contributed by atoms with Crippen LogP contribution in [0.2, 0.25) is 0 Å². The van der Waals surface area contributed by atoms with Crippen LogP contribution in [0.1, 0.15) is 35.4 Å². The standard InChI is InChI=1S/C27H23N3O6/c1-4-36-19-11-9-18(10-12-19)23-21(26(33)35-3)24(31)20(25(32)34-2)22(27(23,14-29)15-30)17-7-5-16(13-28)6-8-17/h5-12,21-23,31H,4H2,1-3H3/t21-,22-,23+/m1/s1. The van der Waals surface area contributed by atoms with Gasteiger partial charge in [-0.1, -0.05) is 24.3 Å². The molecule has 0 bridgehead atoms. The molecule has 2 aromatic carbocycles. The van der Waals surface area contributed by atoms with Crippen LogP contribution in [0, 0.1) is 45.3 Å². The van der Waals surface area contributed by atoms with E-state index < -0.39 is 46.4 Å². The van der Waals surface area contributed by atoms with Crippen molar-refractivity contribution in [3.63, 3.8) is 0 Å². The number of aliphatic hydroxyl groups excluding tert-OH is 1. The minimum absolute atomic E-state index is 0.309. The number of hydrogen-bond acceptors (Lipinski definition) is 9. The average Bonchev–Trinajstić information content (AvgIpc) is 2.92. The topological polar surface area (TPSA) is 153 Å². The Labute approximate surface area is 208 Å². The van der Waals surface area contributed by atoms with Crippen LogP contribution in [0.3, 0.4) is 0 Å². The van der Waals surface area contributed by atoms with E-state index in [1.54, 1.807) is 24.3 Å². The van der Waals surface area contributed by atoms with Gasteiger partial charge in [-0.3, -0.25) is 4.79 Å². The van der Waals surface area contributed by atoms with Gasteiger partial charge in [0.25, 0.3) is 0 Å². The third-order valence-corrected chi connectivity index (χ3v) is 6.29. The molecule has 0 fully saturated rings. The van der Waals surface area contributed by atoms with E-state index in [1.807, 2.05) is 13.0 Å². The van der Waals surface area contributed by atoms with Gasteiger partial charge in [-0.05, 0) is 42.3 Å². The molecule has 0 aliphatic heterocycles. The van der Waals surface area contributed by atoms with Crippen molar-refractivity contribution < 1.29 is 28.9 Å². The van der Waals surface area contributed by atoms with Crippen molar-refractivity contribution in [3.05, 3.63) is 76.6 Å². The van der Waals surface area contributed by atoms with Crippen LogP contribution in [-0.4, -0.2) is 37.9 Å². The number of hydrogen-bond donors (Lipinski definition) is 1. The Morgan fingerprint density at radius 3 is 2.00 bits per heavy atom. The maximum atomic E-state index is 13.0. The van der Waals surface area contributed by atoms with Gasteiger partial charge in [-0.2, -0.15) is 15.8 Å². The highest BCUT2D eigenvalue weighted by Crippen LogP contribution is 2.59. The Morgan fingerprint density at radius 1 is 0.944 bits per heavy atom. The van der Waals surface area contributed by atoms with Gasteiger partial charge >= 0.3 is 11.9 Å². The lowest BCUT2D eigenvalue weighted by Crippen LogP contribution is -2.47. The van der Waals surface area contributed by atoms with Gasteiger partial charge in [0.15, 0.2) is 5.41 Å². The molecule has 0 spiro atoms. The summed E-state index contributed by atoms with van der Waals surface area (Å²) < 4.78 is 15.3. The highest BCUT2D eigenvalue weighted by molar-refractivity contribution is 5.94. The number of ether oxygens (including phenoxy) is 3. The summed E-state index contributed by atoms with van der Waals surface area (Å²) in [7, 11) is 2.19. The number of benzene rings is 2. The fourth-order valence-electron chi connectivity index (χ4n) is 4.72. The lowest BCUT2D eigenvalue weighted by Gasteiger charge is -2.44. The average molecular weight is 485 g/mol. The van der Waals surface area contributed by atoms with E-state index in [1.165, 1.54) is 24.3 Å². The zero-order chi connectivity index (χ0) is 26.5. The smallest absolute Gasteiger partial charge is 0.337 e. The summed E-state index contributed by atoms with van der Waals surface area (Å²) in [6.45, 7) is 2.23. The molecule has 182 valence electrons. The molecule has 0 saturated carbocycles. The first-order valence-corrected chi connectivity index (χ1v) is 11.0. The minimum atomic E-state index is -2.06. The number of aliphatic hydroxyl groups is 1. The van der Waals surface area contributed by atoms with Gasteiger partial charge in [0.2, 0.25) is 0 Å². The highest BCUT2D eigenvalue weighted by atomic mass is 16.5. The second kappa shape index (κ2) is 10.6. The summed E-state index contributed by atoms with van der Waals surface area (Å²) in [5.74, 6) is -6.14. The van der Waals surface area contributed by atoms with Gasteiger partial charge in [0.1, 0.15) is 17.4 Å². The van der Waals surface area contributed by atoms with E-state index in [9.17, 15) is 30.5 Å². The molecule has 0 radical (unpaired) electrons. The van der Waals surface area contributed by atoms with Crippen molar-refractivity contribution in [1.82, 2.24) is 0 Å². The normalized spacial score (nSPS) is 20.3. The number of rotatable bonds is 6. The van der Waals surface area contributed by atoms with E-state index in [4.69, 9.17) is 14.2 Å². The van der Waals surface area contributed by atoms with E-state index >= 15 is 0 Å². The maximum absolute atomic E-state index is 13.0. The number of nitriles is 3. The van der Waals surface area contributed by atoms with E-state index in [-0.39, 0.29) is 0 Å². The summed E-state index contributed by atoms with van der Waals surface area (Å²) in [5.41, 5.74) is -1.45. The number of esters is 2. The van der Waals surface area contributed by atoms with E-state index in [2.05, 4.69) is 12.1 Å².